The fraction of sp³-hybridized carbons (Fsp3) is 0.417. The first kappa shape index (κ1) is 14.6. The van der Waals surface area contributed by atoms with E-state index >= 15 is 0 Å². The van der Waals surface area contributed by atoms with Crippen LogP contribution in [0.3, 0.4) is 0 Å². The number of carbonyl (C=O) groups excluding carboxylic acids is 1. The molecule has 17 heavy (non-hydrogen) atoms. The lowest BCUT2D eigenvalue weighted by Crippen LogP contribution is -2.49. The van der Waals surface area contributed by atoms with E-state index < -0.39 is 17.3 Å². The van der Waals surface area contributed by atoms with Gasteiger partial charge in [-0.3, -0.25) is 4.79 Å². The number of benzene rings is 1. The van der Waals surface area contributed by atoms with E-state index in [4.69, 9.17) is 0 Å². The van der Waals surface area contributed by atoms with Crippen LogP contribution in [-0.2, 0) is 0 Å². The molecule has 94 valence electrons. The molecule has 0 heterocycles. The molecular weight excluding hydrogens is 353 g/mol. The molecule has 1 rings (SSSR count). The largest absolute Gasteiger partial charge is 0.345 e. The summed E-state index contributed by atoms with van der Waals surface area (Å²) in [5, 5.41) is 3.97. The Bertz CT molecular complexity index is 419. The highest BCUT2D eigenvalue weighted by Crippen LogP contribution is 2.15. The minimum atomic E-state index is -0.492. The fourth-order valence-corrected chi connectivity index (χ4v) is 2.46. The smallest absolute Gasteiger partial charge is 0.254 e. The number of hydrogen-bond donors (Lipinski definition) is 1. The first-order valence-corrected chi connectivity index (χ1v) is 7.37. The van der Waals surface area contributed by atoms with Gasteiger partial charge < -0.3 is 5.32 Å². The molecule has 2 nitrogen and oxygen atoms in total. The van der Waals surface area contributed by atoms with Gasteiger partial charge in [-0.15, -0.1) is 0 Å². The molecule has 5 heteroatoms. The first-order valence-electron chi connectivity index (χ1n) is 5.12. The van der Waals surface area contributed by atoms with Crippen molar-refractivity contribution in [3.63, 3.8) is 0 Å². The van der Waals surface area contributed by atoms with E-state index in [0.29, 0.717) is 10.7 Å². The molecule has 0 saturated heterocycles. The summed E-state index contributed by atoms with van der Waals surface area (Å²) in [6.07, 6.45) is 0. The summed E-state index contributed by atoms with van der Waals surface area (Å²) in [6.45, 7) is 3.66. The van der Waals surface area contributed by atoms with Crippen molar-refractivity contribution in [2.24, 2.45) is 0 Å². The van der Waals surface area contributed by atoms with Crippen molar-refractivity contribution in [2.45, 2.75) is 19.4 Å². The number of hydrogen-bond acceptors (Lipinski definition) is 1. The molecule has 1 aromatic rings. The van der Waals surface area contributed by atoms with Crippen LogP contribution in [0.5, 0.6) is 0 Å². The quantitative estimate of drug-likeness (QED) is 0.813. The lowest BCUT2D eigenvalue weighted by Gasteiger charge is -2.26. The minimum Gasteiger partial charge on any atom is -0.345 e. The van der Waals surface area contributed by atoms with Crippen LogP contribution < -0.4 is 5.32 Å². The van der Waals surface area contributed by atoms with E-state index in [1.54, 1.807) is 13.0 Å². The molecule has 0 bridgehead atoms. The summed E-state index contributed by atoms with van der Waals surface area (Å²) in [7, 11) is 0. The first-order chi connectivity index (χ1) is 7.91. The van der Waals surface area contributed by atoms with Gasteiger partial charge in [-0.25, -0.2) is 4.39 Å². The van der Waals surface area contributed by atoms with Crippen LogP contribution in [0.2, 0.25) is 0 Å². The molecule has 0 aliphatic rings. The molecule has 1 aromatic carbocycles. The monoisotopic (exact) mass is 365 g/mol. The number of nitrogens with one attached hydrogen (secondary N) is 1. The van der Waals surface area contributed by atoms with E-state index in [0.717, 1.165) is 5.56 Å². The maximum Gasteiger partial charge on any atom is 0.254 e. The molecule has 0 saturated carbocycles. The van der Waals surface area contributed by atoms with Crippen LogP contribution in [-0.4, -0.2) is 22.1 Å². The van der Waals surface area contributed by atoms with Gasteiger partial charge in [0.25, 0.3) is 5.91 Å². The molecule has 0 aliphatic heterocycles. The second kappa shape index (κ2) is 5.96. The zero-order chi connectivity index (χ0) is 13.1. The van der Waals surface area contributed by atoms with Crippen LogP contribution in [0, 0.1) is 12.7 Å². The molecule has 0 aromatic heterocycles. The van der Waals surface area contributed by atoms with Gasteiger partial charge in [0.2, 0.25) is 0 Å². The van der Waals surface area contributed by atoms with Crippen LogP contribution in [0.1, 0.15) is 22.8 Å². The average Bonchev–Trinajstić information content (AvgIpc) is 2.28. The molecule has 1 amide bonds. The third kappa shape index (κ3) is 3.78. The fourth-order valence-electron chi connectivity index (χ4n) is 1.25. The second-order valence-corrected chi connectivity index (χ2v) is 5.39. The van der Waals surface area contributed by atoms with E-state index in [9.17, 15) is 9.18 Å². The Morgan fingerprint density at radius 1 is 1.41 bits per heavy atom. The summed E-state index contributed by atoms with van der Waals surface area (Å²) >= 11 is 6.65. The Morgan fingerprint density at radius 3 is 2.47 bits per heavy atom. The molecule has 0 atom stereocenters. The van der Waals surface area contributed by atoms with Crippen LogP contribution >= 0.6 is 31.9 Å². The third-order valence-corrected chi connectivity index (χ3v) is 4.85. The van der Waals surface area contributed by atoms with E-state index in [1.165, 1.54) is 12.1 Å². The number of alkyl halides is 2. The maximum atomic E-state index is 13.6. The van der Waals surface area contributed by atoms with Crippen LogP contribution in [0.25, 0.3) is 0 Å². The van der Waals surface area contributed by atoms with E-state index in [-0.39, 0.29) is 5.56 Å². The van der Waals surface area contributed by atoms with Crippen LogP contribution in [0.4, 0.5) is 4.39 Å². The molecule has 0 fully saturated rings. The molecular formula is C12H14Br2FNO. The Hall–Kier alpha value is -0.420. The normalized spacial score (nSPS) is 11.4. The van der Waals surface area contributed by atoms with Gasteiger partial charge in [-0.1, -0.05) is 37.9 Å². The lowest BCUT2D eigenvalue weighted by atomic mass is 10.1. The highest BCUT2D eigenvalue weighted by molar-refractivity contribution is 9.09. The number of carbonyl (C=O) groups is 1. The Kier molecular flexibility index (Phi) is 5.13. The summed E-state index contributed by atoms with van der Waals surface area (Å²) < 4.78 is 13.6. The topological polar surface area (TPSA) is 29.1 Å². The SMILES string of the molecule is Cc1ccc(C(=O)NC(C)(CBr)CBr)c(F)c1. The van der Waals surface area contributed by atoms with Gasteiger partial charge in [-0.05, 0) is 31.5 Å². The summed E-state index contributed by atoms with van der Waals surface area (Å²) in [6, 6.07) is 4.58. The predicted molar refractivity (Wildman–Crippen MR) is 74.6 cm³/mol. The van der Waals surface area contributed by atoms with Crippen molar-refractivity contribution >= 4 is 37.8 Å². The van der Waals surface area contributed by atoms with Crippen LogP contribution in [0.15, 0.2) is 18.2 Å². The van der Waals surface area contributed by atoms with Gasteiger partial charge in [0.05, 0.1) is 11.1 Å². The Balaban J connectivity index is 2.90. The maximum absolute atomic E-state index is 13.6. The number of halogens is 3. The van der Waals surface area contributed by atoms with Crippen molar-refractivity contribution in [1.29, 1.82) is 0 Å². The molecule has 0 unspecified atom stereocenters. The van der Waals surface area contributed by atoms with Crippen molar-refractivity contribution < 1.29 is 9.18 Å². The van der Waals surface area contributed by atoms with Crippen molar-refractivity contribution in [3.05, 3.63) is 35.1 Å². The average molecular weight is 367 g/mol. The highest BCUT2D eigenvalue weighted by atomic mass is 79.9. The van der Waals surface area contributed by atoms with Crippen molar-refractivity contribution in [3.8, 4) is 0 Å². The number of amides is 1. The van der Waals surface area contributed by atoms with Crippen molar-refractivity contribution in [2.75, 3.05) is 10.7 Å². The van der Waals surface area contributed by atoms with Gasteiger partial charge >= 0.3 is 0 Å². The van der Waals surface area contributed by atoms with Gasteiger partial charge in [0, 0.05) is 10.7 Å². The lowest BCUT2D eigenvalue weighted by molar-refractivity contribution is 0.0919. The third-order valence-electron chi connectivity index (χ3n) is 2.37. The molecule has 1 N–H and O–H groups in total. The molecule has 0 aliphatic carbocycles. The van der Waals surface area contributed by atoms with Gasteiger partial charge in [0.1, 0.15) is 5.82 Å². The molecule has 0 spiro atoms. The number of rotatable bonds is 4. The molecule has 0 radical (unpaired) electrons. The minimum absolute atomic E-state index is 0.0729. The van der Waals surface area contributed by atoms with E-state index in [2.05, 4.69) is 37.2 Å². The summed E-state index contributed by atoms with van der Waals surface area (Å²) in [4.78, 5) is 11.9. The standard InChI is InChI=1S/C12H14Br2FNO/c1-8-3-4-9(10(15)5-8)11(17)16-12(2,6-13)7-14/h3-5H,6-7H2,1-2H3,(H,16,17). The Morgan fingerprint density at radius 2 is 2.00 bits per heavy atom. The van der Waals surface area contributed by atoms with Gasteiger partial charge in [0.15, 0.2) is 0 Å². The predicted octanol–water partition coefficient (Wildman–Crippen LogP) is 3.41. The zero-order valence-electron chi connectivity index (χ0n) is 9.69. The van der Waals surface area contributed by atoms with Gasteiger partial charge in [-0.2, -0.15) is 0 Å². The Labute approximate surface area is 117 Å². The number of aryl methyl sites for hydroxylation is 1. The highest BCUT2D eigenvalue weighted by Gasteiger charge is 2.25. The zero-order valence-corrected chi connectivity index (χ0v) is 12.9. The van der Waals surface area contributed by atoms with E-state index in [1.807, 2.05) is 6.92 Å². The summed E-state index contributed by atoms with van der Waals surface area (Å²) in [5.74, 6) is -0.891. The summed E-state index contributed by atoms with van der Waals surface area (Å²) in [5.41, 5.74) is 0.431. The van der Waals surface area contributed by atoms with Crippen molar-refractivity contribution in [1.82, 2.24) is 5.32 Å². The second-order valence-electron chi connectivity index (χ2n) is 4.27.